The van der Waals surface area contributed by atoms with Crippen LogP contribution in [0.25, 0.3) is 0 Å². The molecule has 0 aliphatic rings. The van der Waals surface area contributed by atoms with Gasteiger partial charge in [0.25, 0.3) is 5.91 Å². The lowest BCUT2D eigenvalue weighted by Gasteiger charge is -2.17. The van der Waals surface area contributed by atoms with E-state index >= 15 is 0 Å². The molecule has 2 N–H and O–H groups in total. The molecule has 7 heteroatoms. The first-order valence-electron chi connectivity index (χ1n) is 11.5. The minimum absolute atomic E-state index is 0.194. The lowest BCUT2D eigenvalue weighted by Crippen LogP contribution is -2.28. The molecule has 176 valence electrons. The molecular formula is C25H37N3O3S. The number of rotatable bonds is 14. The second kappa shape index (κ2) is 13.4. The number of nitrogens with one attached hydrogen (secondary N) is 2. The number of carbonyl (C=O) groups is 1. The molecule has 2 aromatic rings. The summed E-state index contributed by atoms with van der Waals surface area (Å²) in [5, 5.41) is 6.29. The Balaban J connectivity index is 1.74. The minimum atomic E-state index is -3.52. The average molecular weight is 460 g/mol. The number of hydrogen-bond acceptors (Lipinski definition) is 4. The van der Waals surface area contributed by atoms with E-state index in [2.05, 4.69) is 48.7 Å². The van der Waals surface area contributed by atoms with E-state index in [0.29, 0.717) is 18.7 Å². The SMILES string of the molecule is CCCCCN(C)S(=O)(=O)c1ccc(C(=O)NCCCNCc2cccc(CC)c2)cc1. The molecule has 0 radical (unpaired) electrons. The number of aryl methyl sites for hydroxylation is 1. The summed E-state index contributed by atoms with van der Waals surface area (Å²) in [7, 11) is -1.93. The average Bonchev–Trinajstić information content (AvgIpc) is 2.81. The van der Waals surface area contributed by atoms with Crippen LogP contribution in [0.3, 0.4) is 0 Å². The van der Waals surface area contributed by atoms with Crippen molar-refractivity contribution in [2.45, 2.75) is 57.4 Å². The Kier molecular flexibility index (Phi) is 10.9. The number of unbranched alkanes of at least 4 members (excludes halogenated alkanes) is 2. The summed E-state index contributed by atoms with van der Waals surface area (Å²) in [4.78, 5) is 12.6. The maximum atomic E-state index is 12.6. The van der Waals surface area contributed by atoms with Gasteiger partial charge in [-0.2, -0.15) is 0 Å². The van der Waals surface area contributed by atoms with E-state index in [1.165, 1.54) is 27.6 Å². The van der Waals surface area contributed by atoms with Gasteiger partial charge in [0.2, 0.25) is 10.0 Å². The second-order valence-electron chi connectivity index (χ2n) is 8.02. The fraction of sp³-hybridized carbons (Fsp3) is 0.480. The topological polar surface area (TPSA) is 78.5 Å². The minimum Gasteiger partial charge on any atom is -0.352 e. The van der Waals surface area contributed by atoms with Crippen molar-refractivity contribution in [1.82, 2.24) is 14.9 Å². The molecule has 0 fully saturated rings. The van der Waals surface area contributed by atoms with Gasteiger partial charge in [-0.25, -0.2) is 12.7 Å². The van der Waals surface area contributed by atoms with Crippen LogP contribution in [-0.4, -0.2) is 45.3 Å². The van der Waals surface area contributed by atoms with Crippen LogP contribution in [0.2, 0.25) is 0 Å². The van der Waals surface area contributed by atoms with E-state index in [4.69, 9.17) is 0 Å². The number of sulfonamides is 1. The summed E-state index contributed by atoms with van der Waals surface area (Å²) >= 11 is 0. The summed E-state index contributed by atoms with van der Waals surface area (Å²) in [5.41, 5.74) is 3.06. The van der Waals surface area contributed by atoms with Gasteiger partial charge in [-0.15, -0.1) is 0 Å². The number of carbonyl (C=O) groups excluding carboxylic acids is 1. The van der Waals surface area contributed by atoms with E-state index in [1.54, 1.807) is 19.2 Å². The van der Waals surface area contributed by atoms with Crippen LogP contribution in [0.1, 0.15) is 61.0 Å². The largest absolute Gasteiger partial charge is 0.352 e. The van der Waals surface area contributed by atoms with Crippen molar-refractivity contribution >= 4 is 15.9 Å². The van der Waals surface area contributed by atoms with Gasteiger partial charge in [-0.05, 0) is 61.2 Å². The zero-order chi connectivity index (χ0) is 23.4. The van der Waals surface area contributed by atoms with Gasteiger partial charge in [0.1, 0.15) is 0 Å². The molecule has 0 saturated heterocycles. The van der Waals surface area contributed by atoms with Crippen LogP contribution < -0.4 is 10.6 Å². The normalized spacial score (nSPS) is 11.6. The van der Waals surface area contributed by atoms with Crippen LogP contribution in [0.15, 0.2) is 53.4 Å². The molecule has 2 aromatic carbocycles. The van der Waals surface area contributed by atoms with Crippen LogP contribution in [0, 0.1) is 0 Å². The summed E-state index contributed by atoms with van der Waals surface area (Å²) in [5.74, 6) is -0.194. The fourth-order valence-corrected chi connectivity index (χ4v) is 4.58. The van der Waals surface area contributed by atoms with Crippen LogP contribution in [-0.2, 0) is 23.0 Å². The predicted octanol–water partition coefficient (Wildman–Crippen LogP) is 3.97. The number of benzene rings is 2. The van der Waals surface area contributed by atoms with Crippen molar-refractivity contribution in [3.63, 3.8) is 0 Å². The lowest BCUT2D eigenvalue weighted by atomic mass is 10.1. The summed E-state index contributed by atoms with van der Waals surface area (Å²) in [6.07, 6.45) is 4.73. The lowest BCUT2D eigenvalue weighted by molar-refractivity contribution is 0.0953. The van der Waals surface area contributed by atoms with Crippen molar-refractivity contribution in [3.05, 3.63) is 65.2 Å². The molecule has 32 heavy (non-hydrogen) atoms. The third-order valence-electron chi connectivity index (χ3n) is 5.45. The quantitative estimate of drug-likeness (QED) is 0.419. The molecule has 0 heterocycles. The van der Waals surface area contributed by atoms with Crippen molar-refractivity contribution in [3.8, 4) is 0 Å². The van der Waals surface area contributed by atoms with E-state index < -0.39 is 10.0 Å². The third kappa shape index (κ3) is 8.04. The van der Waals surface area contributed by atoms with Crippen LogP contribution in [0.5, 0.6) is 0 Å². The molecule has 0 aliphatic heterocycles. The van der Waals surface area contributed by atoms with E-state index in [-0.39, 0.29) is 10.8 Å². The molecule has 1 amide bonds. The smallest absolute Gasteiger partial charge is 0.251 e. The zero-order valence-electron chi connectivity index (χ0n) is 19.6. The van der Waals surface area contributed by atoms with Gasteiger partial charge < -0.3 is 10.6 Å². The Labute approximate surface area is 193 Å². The van der Waals surface area contributed by atoms with Gasteiger partial charge in [0.05, 0.1) is 4.90 Å². The molecule has 0 bridgehead atoms. The Bertz CT molecular complexity index is 943. The number of nitrogens with zero attached hydrogens (tertiary/aromatic N) is 1. The zero-order valence-corrected chi connectivity index (χ0v) is 20.4. The summed E-state index contributed by atoms with van der Waals surface area (Å²) in [6, 6.07) is 14.7. The predicted molar refractivity (Wildman–Crippen MR) is 130 cm³/mol. The van der Waals surface area contributed by atoms with Gasteiger partial charge in [-0.1, -0.05) is 51.0 Å². The number of hydrogen-bond donors (Lipinski definition) is 2. The molecule has 0 spiro atoms. The molecular weight excluding hydrogens is 422 g/mol. The molecule has 0 saturated carbocycles. The first kappa shape index (κ1) is 26.0. The second-order valence-corrected chi connectivity index (χ2v) is 10.1. The number of amides is 1. The van der Waals surface area contributed by atoms with Gasteiger partial charge in [-0.3, -0.25) is 4.79 Å². The highest BCUT2D eigenvalue weighted by Crippen LogP contribution is 2.16. The van der Waals surface area contributed by atoms with Crippen molar-refractivity contribution in [2.24, 2.45) is 0 Å². The Hall–Kier alpha value is -2.22. The molecule has 0 aromatic heterocycles. The Morgan fingerprint density at radius 3 is 2.34 bits per heavy atom. The Morgan fingerprint density at radius 2 is 1.66 bits per heavy atom. The summed E-state index contributed by atoms with van der Waals surface area (Å²) in [6.45, 7) is 6.90. The van der Waals surface area contributed by atoms with E-state index in [0.717, 1.165) is 45.2 Å². The maximum Gasteiger partial charge on any atom is 0.251 e. The highest BCUT2D eigenvalue weighted by Gasteiger charge is 2.20. The van der Waals surface area contributed by atoms with Crippen LogP contribution >= 0.6 is 0 Å². The Morgan fingerprint density at radius 1 is 0.938 bits per heavy atom. The highest BCUT2D eigenvalue weighted by atomic mass is 32.2. The van der Waals surface area contributed by atoms with E-state index in [1.807, 2.05) is 0 Å². The van der Waals surface area contributed by atoms with Crippen molar-refractivity contribution in [1.29, 1.82) is 0 Å². The summed E-state index contributed by atoms with van der Waals surface area (Å²) < 4.78 is 26.7. The molecule has 0 unspecified atom stereocenters. The molecule has 0 aliphatic carbocycles. The van der Waals surface area contributed by atoms with Gasteiger partial charge >= 0.3 is 0 Å². The van der Waals surface area contributed by atoms with E-state index in [9.17, 15) is 13.2 Å². The van der Waals surface area contributed by atoms with Gasteiger partial charge in [0.15, 0.2) is 0 Å². The first-order chi connectivity index (χ1) is 15.4. The fourth-order valence-electron chi connectivity index (χ4n) is 3.37. The molecule has 2 rings (SSSR count). The standard InChI is InChI=1S/C25H37N3O3S/c1-4-6-7-18-28(3)32(30,31)24-14-12-23(13-15-24)25(29)27-17-9-16-26-20-22-11-8-10-21(5-2)19-22/h8,10-15,19,26H,4-7,9,16-18,20H2,1-3H3,(H,27,29). The monoisotopic (exact) mass is 459 g/mol. The van der Waals surface area contributed by atoms with Crippen molar-refractivity contribution < 1.29 is 13.2 Å². The molecule has 0 atom stereocenters. The van der Waals surface area contributed by atoms with Gasteiger partial charge in [0, 0.05) is 32.2 Å². The molecule has 6 nitrogen and oxygen atoms in total. The first-order valence-corrected chi connectivity index (χ1v) is 13.0. The third-order valence-corrected chi connectivity index (χ3v) is 7.32. The van der Waals surface area contributed by atoms with Crippen molar-refractivity contribution in [2.75, 3.05) is 26.7 Å². The highest BCUT2D eigenvalue weighted by molar-refractivity contribution is 7.89. The van der Waals surface area contributed by atoms with Crippen LogP contribution in [0.4, 0.5) is 0 Å². The maximum absolute atomic E-state index is 12.6.